The van der Waals surface area contributed by atoms with E-state index in [1.54, 1.807) is 0 Å². The van der Waals surface area contributed by atoms with Crippen LogP contribution in [0.2, 0.25) is 0 Å². The Morgan fingerprint density at radius 2 is 0.821 bits per heavy atom. The van der Waals surface area contributed by atoms with E-state index in [2.05, 4.69) is 27.7 Å². The molecule has 0 unspecified atom stereocenters. The Morgan fingerprint density at radius 3 is 1.11 bits per heavy atom. The van der Waals surface area contributed by atoms with Gasteiger partial charge in [-0.15, -0.1) is 0 Å². The molecule has 0 atom stereocenters. The molecule has 28 heavy (non-hydrogen) atoms. The van der Waals surface area contributed by atoms with Crippen LogP contribution in [0.3, 0.4) is 0 Å². The zero-order chi connectivity index (χ0) is 21.0. The summed E-state index contributed by atoms with van der Waals surface area (Å²) in [4.78, 5) is 23.8. The van der Waals surface area contributed by atoms with Crippen LogP contribution in [-0.2, 0) is 19.1 Å². The second kappa shape index (κ2) is 19.3. The van der Waals surface area contributed by atoms with Gasteiger partial charge < -0.3 is 9.47 Å². The molecule has 0 aromatic carbocycles. The zero-order valence-electron chi connectivity index (χ0n) is 19.1. The molecule has 0 radical (unpaired) electrons. The van der Waals surface area contributed by atoms with Gasteiger partial charge in [0, 0.05) is 12.8 Å². The van der Waals surface area contributed by atoms with Crippen LogP contribution < -0.4 is 0 Å². The van der Waals surface area contributed by atoms with Gasteiger partial charge in [-0.2, -0.15) is 0 Å². The molecular formula is C24H46O4. The van der Waals surface area contributed by atoms with Gasteiger partial charge in [-0.05, 0) is 38.5 Å². The molecule has 4 heteroatoms. The van der Waals surface area contributed by atoms with Gasteiger partial charge in [-0.1, -0.05) is 79.1 Å². The molecule has 0 bridgehead atoms. The predicted molar refractivity (Wildman–Crippen MR) is 116 cm³/mol. The van der Waals surface area contributed by atoms with Crippen molar-refractivity contribution in [2.24, 2.45) is 0 Å². The quantitative estimate of drug-likeness (QED) is 0.171. The Hall–Kier alpha value is -1.06. The molecule has 0 saturated heterocycles. The minimum absolute atomic E-state index is 0.0386. The van der Waals surface area contributed by atoms with E-state index in [1.165, 1.54) is 0 Å². The molecule has 0 aromatic rings. The van der Waals surface area contributed by atoms with Gasteiger partial charge in [0.15, 0.2) is 0 Å². The third-order valence-electron chi connectivity index (χ3n) is 5.05. The fraction of sp³-hybridized carbons (Fsp3) is 0.917. The van der Waals surface area contributed by atoms with Crippen LogP contribution in [0.15, 0.2) is 0 Å². The Balaban J connectivity index is 3.65. The van der Waals surface area contributed by atoms with Gasteiger partial charge >= 0.3 is 11.9 Å². The number of carbonyl (C=O) groups excluding carboxylic acids is 2. The van der Waals surface area contributed by atoms with Crippen molar-refractivity contribution in [2.75, 3.05) is 0 Å². The maximum Gasteiger partial charge on any atom is 0.306 e. The highest BCUT2D eigenvalue weighted by molar-refractivity contribution is 5.69. The zero-order valence-corrected chi connectivity index (χ0v) is 19.1. The summed E-state index contributed by atoms with van der Waals surface area (Å²) in [6.45, 7) is 8.52. The van der Waals surface area contributed by atoms with Gasteiger partial charge in [0.2, 0.25) is 0 Å². The molecule has 166 valence electrons. The molecule has 0 saturated carbocycles. The lowest BCUT2D eigenvalue weighted by Gasteiger charge is -2.16. The molecule has 0 aromatic heterocycles. The van der Waals surface area contributed by atoms with E-state index in [-0.39, 0.29) is 24.1 Å². The summed E-state index contributed by atoms with van der Waals surface area (Å²) in [7, 11) is 0. The molecule has 4 nitrogen and oxygen atoms in total. The summed E-state index contributed by atoms with van der Waals surface area (Å²) in [5.74, 6) is -0.0771. The van der Waals surface area contributed by atoms with Crippen LogP contribution in [0, 0.1) is 0 Å². The second-order valence-electron chi connectivity index (χ2n) is 8.00. The Kier molecular flexibility index (Phi) is 18.5. The van der Waals surface area contributed by atoms with Crippen LogP contribution >= 0.6 is 0 Å². The van der Waals surface area contributed by atoms with Gasteiger partial charge in [0.25, 0.3) is 0 Å². The standard InChI is InChI=1S/C24H46O4/c1-5-15-21(16-6-2)27-23(25)19-13-11-9-10-12-14-20-24(26)28-22(17-7-3)18-8-4/h21-22H,5-20H2,1-4H3. The lowest BCUT2D eigenvalue weighted by Crippen LogP contribution is -2.17. The molecule has 0 aliphatic carbocycles. The average Bonchev–Trinajstić information content (AvgIpc) is 2.64. The topological polar surface area (TPSA) is 52.6 Å². The molecule has 0 heterocycles. The van der Waals surface area contributed by atoms with Crippen LogP contribution in [0.4, 0.5) is 0 Å². The first-order chi connectivity index (χ1) is 13.6. The van der Waals surface area contributed by atoms with E-state index in [0.29, 0.717) is 12.8 Å². The summed E-state index contributed by atoms with van der Waals surface area (Å²) in [6.07, 6.45) is 15.6. The van der Waals surface area contributed by atoms with E-state index in [0.717, 1.165) is 89.9 Å². The van der Waals surface area contributed by atoms with Gasteiger partial charge in [0.05, 0.1) is 0 Å². The first kappa shape index (κ1) is 26.9. The van der Waals surface area contributed by atoms with Gasteiger partial charge in [-0.25, -0.2) is 0 Å². The van der Waals surface area contributed by atoms with E-state index in [1.807, 2.05) is 0 Å². The van der Waals surface area contributed by atoms with E-state index in [9.17, 15) is 9.59 Å². The van der Waals surface area contributed by atoms with Crippen LogP contribution in [0.25, 0.3) is 0 Å². The van der Waals surface area contributed by atoms with E-state index in [4.69, 9.17) is 9.47 Å². The number of ether oxygens (including phenoxy) is 2. The minimum Gasteiger partial charge on any atom is -0.462 e. The monoisotopic (exact) mass is 398 g/mol. The van der Waals surface area contributed by atoms with Crippen LogP contribution in [-0.4, -0.2) is 24.1 Å². The molecule has 0 aliphatic rings. The highest BCUT2D eigenvalue weighted by Gasteiger charge is 2.13. The predicted octanol–water partition coefficient (Wildman–Crippen LogP) is 7.13. The number of esters is 2. The Labute approximate surface area is 174 Å². The number of hydrogen-bond donors (Lipinski definition) is 0. The summed E-state index contributed by atoms with van der Waals surface area (Å²) in [5.41, 5.74) is 0. The Bertz CT molecular complexity index is 333. The highest BCUT2D eigenvalue weighted by Crippen LogP contribution is 2.14. The number of rotatable bonds is 19. The fourth-order valence-electron chi connectivity index (χ4n) is 3.55. The smallest absolute Gasteiger partial charge is 0.306 e. The lowest BCUT2D eigenvalue weighted by molar-refractivity contribution is -0.151. The first-order valence-corrected chi connectivity index (χ1v) is 12.0. The summed E-state index contributed by atoms with van der Waals surface area (Å²) >= 11 is 0. The third-order valence-corrected chi connectivity index (χ3v) is 5.05. The molecule has 0 rings (SSSR count). The van der Waals surface area contributed by atoms with Crippen LogP contribution in [0.5, 0.6) is 0 Å². The molecular weight excluding hydrogens is 352 g/mol. The highest BCUT2D eigenvalue weighted by atomic mass is 16.5. The fourth-order valence-corrected chi connectivity index (χ4v) is 3.55. The molecule has 0 spiro atoms. The van der Waals surface area contributed by atoms with Crippen molar-refractivity contribution in [3.8, 4) is 0 Å². The molecule has 0 N–H and O–H groups in total. The largest absolute Gasteiger partial charge is 0.462 e. The van der Waals surface area contributed by atoms with Gasteiger partial charge in [-0.3, -0.25) is 9.59 Å². The number of unbranched alkanes of at least 4 members (excludes halogenated alkanes) is 5. The molecule has 0 amide bonds. The van der Waals surface area contributed by atoms with Crippen molar-refractivity contribution in [3.05, 3.63) is 0 Å². The maximum atomic E-state index is 11.9. The lowest BCUT2D eigenvalue weighted by atomic mass is 10.1. The summed E-state index contributed by atoms with van der Waals surface area (Å²) < 4.78 is 11.2. The first-order valence-electron chi connectivity index (χ1n) is 12.0. The van der Waals surface area contributed by atoms with Crippen molar-refractivity contribution in [1.29, 1.82) is 0 Å². The number of hydrogen-bond acceptors (Lipinski definition) is 4. The number of carbonyl (C=O) groups is 2. The Morgan fingerprint density at radius 1 is 0.536 bits per heavy atom. The van der Waals surface area contributed by atoms with Crippen LogP contribution in [0.1, 0.15) is 130 Å². The van der Waals surface area contributed by atoms with Crippen molar-refractivity contribution in [1.82, 2.24) is 0 Å². The van der Waals surface area contributed by atoms with E-state index < -0.39 is 0 Å². The summed E-state index contributed by atoms with van der Waals surface area (Å²) in [6, 6.07) is 0. The summed E-state index contributed by atoms with van der Waals surface area (Å²) in [5, 5.41) is 0. The van der Waals surface area contributed by atoms with Crippen molar-refractivity contribution in [3.63, 3.8) is 0 Å². The third kappa shape index (κ3) is 15.9. The molecule has 0 aliphatic heterocycles. The van der Waals surface area contributed by atoms with Crippen molar-refractivity contribution >= 4 is 11.9 Å². The normalized spacial score (nSPS) is 11.2. The van der Waals surface area contributed by atoms with Crippen molar-refractivity contribution < 1.29 is 19.1 Å². The SMILES string of the molecule is CCCC(CCC)OC(=O)CCCCCCCCC(=O)OC(CCC)CCC. The van der Waals surface area contributed by atoms with E-state index >= 15 is 0 Å². The minimum atomic E-state index is -0.0386. The van der Waals surface area contributed by atoms with Crippen molar-refractivity contribution in [2.45, 2.75) is 143 Å². The van der Waals surface area contributed by atoms with Gasteiger partial charge in [0.1, 0.15) is 12.2 Å². The maximum absolute atomic E-state index is 11.9. The molecule has 0 fully saturated rings. The average molecular weight is 399 g/mol. The second-order valence-corrected chi connectivity index (χ2v) is 8.00.